The first-order chi connectivity index (χ1) is 8.99. The second-order valence-corrected chi connectivity index (χ2v) is 4.91. The van der Waals surface area contributed by atoms with E-state index in [1.54, 1.807) is 18.2 Å². The van der Waals surface area contributed by atoms with Gasteiger partial charge in [-0.05, 0) is 24.3 Å². The summed E-state index contributed by atoms with van der Waals surface area (Å²) in [5.41, 5.74) is 5.55. The van der Waals surface area contributed by atoms with Gasteiger partial charge in [0.05, 0.1) is 15.6 Å². The molecule has 0 spiro atoms. The highest BCUT2D eigenvalue weighted by Crippen LogP contribution is 2.31. The van der Waals surface area contributed by atoms with Crippen LogP contribution < -0.4 is 10.5 Å². The Morgan fingerprint density at radius 1 is 1.16 bits per heavy atom. The lowest BCUT2D eigenvalue weighted by molar-refractivity contribution is 0.475. The maximum absolute atomic E-state index is 13.7. The van der Waals surface area contributed by atoms with Gasteiger partial charge in [-0.25, -0.2) is 4.39 Å². The Morgan fingerprint density at radius 2 is 1.89 bits per heavy atom. The predicted molar refractivity (Wildman–Crippen MR) is 78.8 cm³/mol. The lowest BCUT2D eigenvalue weighted by atomic mass is 10.2. The Balaban J connectivity index is 2.40. The Hall–Kier alpha value is -1.36. The molecule has 98 valence electrons. The third-order valence-corrected chi connectivity index (χ3v) is 3.28. The van der Waals surface area contributed by atoms with Gasteiger partial charge in [0.2, 0.25) is 0 Å². The molecule has 0 saturated carbocycles. The summed E-state index contributed by atoms with van der Waals surface area (Å²) in [5.74, 6) is 0.105. The molecule has 0 radical (unpaired) electrons. The summed E-state index contributed by atoms with van der Waals surface area (Å²) >= 11 is 16.5. The molecule has 0 unspecified atom stereocenters. The number of benzene rings is 2. The van der Waals surface area contributed by atoms with E-state index in [1.165, 1.54) is 18.2 Å². The number of rotatable bonds is 3. The van der Waals surface area contributed by atoms with Crippen LogP contribution >= 0.6 is 35.4 Å². The minimum atomic E-state index is -0.537. The van der Waals surface area contributed by atoms with Crippen molar-refractivity contribution in [2.45, 2.75) is 0 Å². The molecule has 0 saturated heterocycles. The zero-order valence-electron chi connectivity index (χ0n) is 9.49. The number of halogens is 3. The molecular weight excluding hydrogens is 308 g/mol. The van der Waals surface area contributed by atoms with Crippen LogP contribution in [0.2, 0.25) is 10.0 Å². The van der Waals surface area contributed by atoms with E-state index in [2.05, 4.69) is 0 Å². The normalized spacial score (nSPS) is 10.3. The molecule has 2 aromatic rings. The Morgan fingerprint density at radius 3 is 2.53 bits per heavy atom. The molecule has 6 heteroatoms. The largest absolute Gasteiger partial charge is 0.456 e. The first-order valence-electron chi connectivity index (χ1n) is 5.20. The van der Waals surface area contributed by atoms with Crippen molar-refractivity contribution in [1.29, 1.82) is 0 Å². The summed E-state index contributed by atoms with van der Waals surface area (Å²) in [4.78, 5) is -0.0758. The molecule has 0 aliphatic rings. The van der Waals surface area contributed by atoms with Gasteiger partial charge in [-0.1, -0.05) is 41.5 Å². The van der Waals surface area contributed by atoms with Crippen molar-refractivity contribution in [3.8, 4) is 11.5 Å². The Kier molecular flexibility index (Phi) is 4.24. The van der Waals surface area contributed by atoms with Crippen molar-refractivity contribution in [3.05, 3.63) is 57.8 Å². The Labute approximate surface area is 124 Å². The highest BCUT2D eigenvalue weighted by atomic mass is 35.5. The fraction of sp³-hybridized carbons (Fsp3) is 0. The third-order valence-electron chi connectivity index (χ3n) is 2.34. The SMILES string of the molecule is NC(=S)c1c(F)cccc1Oc1ccc(Cl)c(Cl)c1. The monoisotopic (exact) mass is 315 g/mol. The van der Waals surface area contributed by atoms with Crippen molar-refractivity contribution in [3.63, 3.8) is 0 Å². The molecule has 0 bridgehead atoms. The van der Waals surface area contributed by atoms with Gasteiger partial charge in [0.25, 0.3) is 0 Å². The summed E-state index contributed by atoms with van der Waals surface area (Å²) in [5, 5.41) is 0.746. The van der Waals surface area contributed by atoms with E-state index in [0.29, 0.717) is 15.8 Å². The zero-order chi connectivity index (χ0) is 14.0. The zero-order valence-corrected chi connectivity index (χ0v) is 11.8. The maximum atomic E-state index is 13.7. The van der Waals surface area contributed by atoms with E-state index in [1.807, 2.05) is 0 Å². The van der Waals surface area contributed by atoms with Crippen LogP contribution in [0.1, 0.15) is 5.56 Å². The summed E-state index contributed by atoms with van der Waals surface area (Å²) in [7, 11) is 0. The number of nitrogens with two attached hydrogens (primary N) is 1. The van der Waals surface area contributed by atoms with E-state index in [-0.39, 0.29) is 16.3 Å². The minimum Gasteiger partial charge on any atom is -0.456 e. The molecule has 0 heterocycles. The van der Waals surface area contributed by atoms with E-state index in [9.17, 15) is 4.39 Å². The molecule has 0 aromatic heterocycles. The van der Waals surface area contributed by atoms with Crippen LogP contribution in [0.5, 0.6) is 11.5 Å². The first kappa shape index (κ1) is 14.1. The van der Waals surface area contributed by atoms with Crippen LogP contribution in [0.15, 0.2) is 36.4 Å². The van der Waals surface area contributed by atoms with Gasteiger partial charge < -0.3 is 10.5 Å². The molecule has 0 aliphatic carbocycles. The predicted octanol–water partition coefficient (Wildman–Crippen LogP) is 4.56. The fourth-order valence-corrected chi connectivity index (χ4v) is 1.98. The van der Waals surface area contributed by atoms with Crippen LogP contribution in [-0.4, -0.2) is 4.99 Å². The van der Waals surface area contributed by atoms with Crippen LogP contribution in [0.3, 0.4) is 0 Å². The van der Waals surface area contributed by atoms with Gasteiger partial charge in [-0.2, -0.15) is 0 Å². The quantitative estimate of drug-likeness (QED) is 0.843. The van der Waals surface area contributed by atoms with Crippen LogP contribution in [0.25, 0.3) is 0 Å². The van der Waals surface area contributed by atoms with E-state index in [4.69, 9.17) is 45.9 Å². The highest BCUT2D eigenvalue weighted by molar-refractivity contribution is 7.80. The number of hydrogen-bond donors (Lipinski definition) is 1. The van der Waals surface area contributed by atoms with E-state index in [0.717, 1.165) is 0 Å². The smallest absolute Gasteiger partial charge is 0.140 e. The number of hydrogen-bond acceptors (Lipinski definition) is 2. The molecule has 2 nitrogen and oxygen atoms in total. The van der Waals surface area contributed by atoms with Crippen LogP contribution in [-0.2, 0) is 0 Å². The van der Waals surface area contributed by atoms with Gasteiger partial charge in [0.1, 0.15) is 22.3 Å². The summed E-state index contributed by atoms with van der Waals surface area (Å²) in [6.45, 7) is 0. The van der Waals surface area contributed by atoms with Crippen molar-refractivity contribution in [1.82, 2.24) is 0 Å². The second-order valence-electron chi connectivity index (χ2n) is 3.66. The second kappa shape index (κ2) is 5.74. The van der Waals surface area contributed by atoms with Gasteiger partial charge in [0, 0.05) is 6.07 Å². The molecule has 2 aromatic carbocycles. The number of thiocarbonyl (C=S) groups is 1. The molecule has 0 amide bonds. The third kappa shape index (κ3) is 3.15. The lowest BCUT2D eigenvalue weighted by Gasteiger charge is -2.11. The van der Waals surface area contributed by atoms with Crippen molar-refractivity contribution >= 4 is 40.4 Å². The molecule has 2 N–H and O–H groups in total. The highest BCUT2D eigenvalue weighted by Gasteiger charge is 2.13. The summed E-state index contributed by atoms with van der Waals surface area (Å²) < 4.78 is 19.2. The van der Waals surface area contributed by atoms with Crippen molar-refractivity contribution < 1.29 is 9.13 Å². The van der Waals surface area contributed by atoms with Gasteiger partial charge in [-0.15, -0.1) is 0 Å². The van der Waals surface area contributed by atoms with Gasteiger partial charge >= 0.3 is 0 Å². The Bertz CT molecular complexity index is 649. The molecule has 2 rings (SSSR count). The lowest BCUT2D eigenvalue weighted by Crippen LogP contribution is -2.13. The molecule has 0 atom stereocenters. The molecular formula is C13H8Cl2FNOS. The van der Waals surface area contributed by atoms with Crippen molar-refractivity contribution in [2.75, 3.05) is 0 Å². The topological polar surface area (TPSA) is 35.2 Å². The van der Waals surface area contributed by atoms with E-state index < -0.39 is 5.82 Å². The first-order valence-corrected chi connectivity index (χ1v) is 6.36. The van der Waals surface area contributed by atoms with Gasteiger partial charge in [-0.3, -0.25) is 0 Å². The molecule has 0 aliphatic heterocycles. The van der Waals surface area contributed by atoms with E-state index >= 15 is 0 Å². The van der Waals surface area contributed by atoms with Crippen LogP contribution in [0.4, 0.5) is 4.39 Å². The molecule has 0 fully saturated rings. The molecule has 19 heavy (non-hydrogen) atoms. The minimum absolute atomic E-state index is 0.0589. The number of ether oxygens (including phenoxy) is 1. The average molecular weight is 316 g/mol. The van der Waals surface area contributed by atoms with Crippen molar-refractivity contribution in [2.24, 2.45) is 5.73 Å². The maximum Gasteiger partial charge on any atom is 0.140 e. The standard InChI is InChI=1S/C13H8Cl2FNOS/c14-8-5-4-7(6-9(8)15)18-11-3-1-2-10(16)12(11)13(17)19/h1-6H,(H2,17,19). The summed E-state index contributed by atoms with van der Waals surface area (Å²) in [6, 6.07) is 9.06. The van der Waals surface area contributed by atoms with Gasteiger partial charge in [0.15, 0.2) is 0 Å². The van der Waals surface area contributed by atoms with Crippen LogP contribution in [0, 0.1) is 5.82 Å². The average Bonchev–Trinajstić information content (AvgIpc) is 2.33. The fourth-order valence-electron chi connectivity index (χ4n) is 1.50. The summed E-state index contributed by atoms with van der Waals surface area (Å²) in [6.07, 6.45) is 0.